The fourth-order valence-corrected chi connectivity index (χ4v) is 3.30. The van der Waals surface area contributed by atoms with Crippen LogP contribution in [0, 0.1) is 0 Å². The molecule has 0 spiro atoms. The summed E-state index contributed by atoms with van der Waals surface area (Å²) in [5.74, 6) is 1.35. The molecule has 1 aliphatic heterocycles. The highest BCUT2D eigenvalue weighted by molar-refractivity contribution is 7.99. The van der Waals surface area contributed by atoms with Crippen molar-refractivity contribution in [3.05, 3.63) is 30.2 Å². The van der Waals surface area contributed by atoms with Gasteiger partial charge in [0.25, 0.3) is 11.1 Å². The SMILES string of the molecule is CN(CC(=O)NC1CC1)C(=O)CSc1nnc([C@@H]2COc3ccccc3O2)o1. The van der Waals surface area contributed by atoms with Crippen molar-refractivity contribution >= 4 is 23.6 Å². The fourth-order valence-electron chi connectivity index (χ4n) is 2.59. The molecule has 2 aliphatic rings. The van der Waals surface area contributed by atoms with Crippen molar-refractivity contribution in [1.82, 2.24) is 20.4 Å². The molecule has 2 amide bonds. The Labute approximate surface area is 165 Å². The van der Waals surface area contributed by atoms with Crippen molar-refractivity contribution in [2.75, 3.05) is 26.0 Å². The summed E-state index contributed by atoms with van der Waals surface area (Å²) in [6.07, 6.45) is 1.53. The zero-order chi connectivity index (χ0) is 19.5. The summed E-state index contributed by atoms with van der Waals surface area (Å²) in [6.45, 7) is 0.304. The Bertz CT molecular complexity index is 869. The van der Waals surface area contributed by atoms with Gasteiger partial charge in [-0.3, -0.25) is 9.59 Å². The minimum absolute atomic E-state index is 0.0393. The molecule has 1 N–H and O–H groups in total. The summed E-state index contributed by atoms with van der Waals surface area (Å²) in [6, 6.07) is 7.63. The molecule has 1 aliphatic carbocycles. The van der Waals surface area contributed by atoms with Gasteiger partial charge in [-0.2, -0.15) is 0 Å². The van der Waals surface area contributed by atoms with Gasteiger partial charge >= 0.3 is 0 Å². The van der Waals surface area contributed by atoms with Crippen LogP contribution in [0.3, 0.4) is 0 Å². The zero-order valence-corrected chi connectivity index (χ0v) is 16.1. The number of amides is 2. The molecule has 0 bridgehead atoms. The highest BCUT2D eigenvalue weighted by Crippen LogP contribution is 2.35. The molecule has 1 atom stereocenters. The summed E-state index contributed by atoms with van der Waals surface area (Å²) in [5, 5.41) is 11.1. The van der Waals surface area contributed by atoms with Gasteiger partial charge in [-0.1, -0.05) is 23.9 Å². The lowest BCUT2D eigenvalue weighted by molar-refractivity contribution is -0.132. The second-order valence-electron chi connectivity index (χ2n) is 6.65. The summed E-state index contributed by atoms with van der Waals surface area (Å²) in [7, 11) is 1.60. The molecule has 2 heterocycles. The van der Waals surface area contributed by atoms with E-state index in [1.807, 2.05) is 18.2 Å². The molecule has 0 unspecified atom stereocenters. The van der Waals surface area contributed by atoms with Crippen molar-refractivity contribution in [3.63, 3.8) is 0 Å². The number of carbonyl (C=O) groups excluding carboxylic acids is 2. The first kappa shape index (κ1) is 18.6. The number of rotatable bonds is 7. The predicted molar refractivity (Wildman–Crippen MR) is 99.1 cm³/mol. The van der Waals surface area contributed by atoms with E-state index < -0.39 is 6.10 Å². The van der Waals surface area contributed by atoms with E-state index in [0.717, 1.165) is 24.6 Å². The van der Waals surface area contributed by atoms with Crippen LogP contribution in [0.2, 0.25) is 0 Å². The van der Waals surface area contributed by atoms with E-state index in [1.165, 1.54) is 4.90 Å². The molecule has 1 aromatic carbocycles. The number of ether oxygens (including phenoxy) is 2. The van der Waals surface area contributed by atoms with Crippen LogP contribution in [0.1, 0.15) is 24.8 Å². The quantitative estimate of drug-likeness (QED) is 0.691. The number of hydrogen-bond acceptors (Lipinski definition) is 8. The average Bonchev–Trinajstić information content (AvgIpc) is 3.38. The molecule has 148 valence electrons. The van der Waals surface area contributed by atoms with Crippen LogP contribution in [0.25, 0.3) is 0 Å². The van der Waals surface area contributed by atoms with Gasteiger partial charge in [0.15, 0.2) is 11.5 Å². The van der Waals surface area contributed by atoms with Crippen molar-refractivity contribution < 1.29 is 23.5 Å². The average molecular weight is 404 g/mol. The minimum atomic E-state index is -0.499. The van der Waals surface area contributed by atoms with Crippen LogP contribution in [0.5, 0.6) is 11.5 Å². The van der Waals surface area contributed by atoms with Gasteiger partial charge in [0, 0.05) is 13.1 Å². The second kappa shape index (κ2) is 8.09. The summed E-state index contributed by atoms with van der Waals surface area (Å²) < 4.78 is 17.1. The predicted octanol–water partition coefficient (Wildman–Crippen LogP) is 1.41. The van der Waals surface area contributed by atoms with Crippen molar-refractivity contribution in [2.24, 2.45) is 0 Å². The molecule has 1 aromatic heterocycles. The summed E-state index contributed by atoms with van der Waals surface area (Å²) >= 11 is 1.12. The van der Waals surface area contributed by atoms with E-state index in [0.29, 0.717) is 17.4 Å². The van der Waals surface area contributed by atoms with Crippen LogP contribution in [0.4, 0.5) is 0 Å². The highest BCUT2D eigenvalue weighted by atomic mass is 32.2. The van der Waals surface area contributed by atoms with E-state index in [-0.39, 0.29) is 42.0 Å². The Balaban J connectivity index is 1.26. The molecule has 10 heteroatoms. The maximum Gasteiger partial charge on any atom is 0.277 e. The first-order valence-electron chi connectivity index (χ1n) is 8.96. The molecular formula is C18H20N4O5S. The van der Waals surface area contributed by atoms with E-state index in [4.69, 9.17) is 13.9 Å². The number of carbonyl (C=O) groups is 2. The number of nitrogens with zero attached hydrogens (tertiary/aromatic N) is 3. The first-order chi connectivity index (χ1) is 13.6. The number of hydrogen-bond donors (Lipinski definition) is 1. The molecule has 0 radical (unpaired) electrons. The van der Waals surface area contributed by atoms with Crippen molar-refractivity contribution in [3.8, 4) is 11.5 Å². The second-order valence-corrected chi connectivity index (χ2v) is 7.58. The third-order valence-electron chi connectivity index (χ3n) is 4.27. The molecule has 4 rings (SSSR count). The van der Waals surface area contributed by atoms with E-state index >= 15 is 0 Å². The molecule has 1 saturated carbocycles. The summed E-state index contributed by atoms with van der Waals surface area (Å²) in [5.41, 5.74) is 0. The largest absolute Gasteiger partial charge is 0.485 e. The van der Waals surface area contributed by atoms with Crippen LogP contribution in [-0.2, 0) is 9.59 Å². The molecule has 1 fully saturated rings. The van der Waals surface area contributed by atoms with Gasteiger partial charge in [-0.25, -0.2) is 0 Å². The number of aromatic nitrogens is 2. The Morgan fingerprint density at radius 2 is 2.04 bits per heavy atom. The monoisotopic (exact) mass is 404 g/mol. The smallest absolute Gasteiger partial charge is 0.277 e. The summed E-state index contributed by atoms with van der Waals surface area (Å²) in [4.78, 5) is 25.3. The van der Waals surface area contributed by atoms with Gasteiger partial charge in [0.05, 0.1) is 12.3 Å². The van der Waals surface area contributed by atoms with Crippen molar-refractivity contribution in [2.45, 2.75) is 30.2 Å². The van der Waals surface area contributed by atoms with Gasteiger partial charge < -0.3 is 24.1 Å². The third-order valence-corrected chi connectivity index (χ3v) is 5.08. The van der Waals surface area contributed by atoms with Crippen LogP contribution in [0.15, 0.2) is 33.9 Å². The van der Waals surface area contributed by atoms with Crippen molar-refractivity contribution in [1.29, 1.82) is 0 Å². The lowest BCUT2D eigenvalue weighted by atomic mass is 10.2. The van der Waals surface area contributed by atoms with Crippen LogP contribution < -0.4 is 14.8 Å². The van der Waals surface area contributed by atoms with E-state index in [9.17, 15) is 9.59 Å². The Morgan fingerprint density at radius 1 is 1.25 bits per heavy atom. The molecule has 0 saturated heterocycles. The lowest BCUT2D eigenvalue weighted by Crippen LogP contribution is -2.39. The number of fused-ring (bicyclic) bond motifs is 1. The number of nitrogens with one attached hydrogen (secondary N) is 1. The molecular weight excluding hydrogens is 384 g/mol. The van der Waals surface area contributed by atoms with Crippen LogP contribution in [-0.4, -0.2) is 58.9 Å². The molecule has 2 aromatic rings. The molecule has 28 heavy (non-hydrogen) atoms. The van der Waals surface area contributed by atoms with Gasteiger partial charge in [-0.05, 0) is 25.0 Å². The number of para-hydroxylation sites is 2. The van der Waals surface area contributed by atoms with Gasteiger partial charge in [-0.15, -0.1) is 10.2 Å². The fraction of sp³-hybridized carbons (Fsp3) is 0.444. The highest BCUT2D eigenvalue weighted by Gasteiger charge is 2.28. The Hall–Kier alpha value is -2.75. The normalized spacial score (nSPS) is 17.8. The van der Waals surface area contributed by atoms with Gasteiger partial charge in [0.2, 0.25) is 17.9 Å². The topological polar surface area (TPSA) is 107 Å². The number of likely N-dealkylation sites (N-methyl/N-ethyl adjacent to an activating group) is 1. The maximum absolute atomic E-state index is 12.2. The third kappa shape index (κ3) is 4.56. The first-order valence-corrected chi connectivity index (χ1v) is 9.95. The van der Waals surface area contributed by atoms with E-state index in [1.54, 1.807) is 13.1 Å². The standard InChI is InChI=1S/C18H20N4O5S/c1-22(8-15(23)19-11-6-7-11)16(24)10-28-18-21-20-17(27-18)14-9-25-12-4-2-3-5-13(12)26-14/h2-5,11,14H,6-10H2,1H3,(H,19,23)/t14-/m0/s1. The van der Waals surface area contributed by atoms with E-state index in [2.05, 4.69) is 15.5 Å². The lowest BCUT2D eigenvalue weighted by Gasteiger charge is -2.23. The molecule has 9 nitrogen and oxygen atoms in total. The Morgan fingerprint density at radius 3 is 2.82 bits per heavy atom. The van der Waals surface area contributed by atoms with Crippen LogP contribution >= 0.6 is 11.8 Å². The minimum Gasteiger partial charge on any atom is -0.485 e. The maximum atomic E-state index is 12.2. The number of benzene rings is 1. The zero-order valence-electron chi connectivity index (χ0n) is 15.3. The Kier molecular flexibility index (Phi) is 5.38. The number of thioether (sulfide) groups is 1. The van der Waals surface area contributed by atoms with Gasteiger partial charge in [0.1, 0.15) is 6.61 Å².